The van der Waals surface area contributed by atoms with E-state index >= 15 is 0 Å². The highest BCUT2D eigenvalue weighted by atomic mass is 127. The van der Waals surface area contributed by atoms with Crippen molar-refractivity contribution < 1.29 is 9.00 Å². The van der Waals surface area contributed by atoms with Crippen LogP contribution in [-0.4, -0.2) is 49.0 Å². The summed E-state index contributed by atoms with van der Waals surface area (Å²) in [5.74, 6) is 1.09. The van der Waals surface area contributed by atoms with E-state index in [-0.39, 0.29) is 29.9 Å². The molecule has 1 unspecified atom stereocenters. The van der Waals surface area contributed by atoms with Crippen LogP contribution in [0.25, 0.3) is 0 Å². The topological polar surface area (TPSA) is 82.6 Å². The third kappa shape index (κ3) is 7.97. The van der Waals surface area contributed by atoms with Gasteiger partial charge in [-0.1, -0.05) is 30.3 Å². The summed E-state index contributed by atoms with van der Waals surface area (Å²) in [6.07, 6.45) is 0.765. The molecular weight excluding hydrogens is 487 g/mol. The molecule has 0 radical (unpaired) electrons. The number of guanidine groups is 1. The van der Waals surface area contributed by atoms with E-state index in [1.807, 2.05) is 48.5 Å². The Morgan fingerprint density at radius 2 is 1.75 bits per heavy atom. The Morgan fingerprint density at radius 3 is 2.43 bits per heavy atom. The Labute approximate surface area is 186 Å². The molecular formula is C20H27IN4O2S. The molecule has 0 saturated carbocycles. The number of rotatable bonds is 8. The van der Waals surface area contributed by atoms with E-state index in [1.54, 1.807) is 20.2 Å². The second-order valence-corrected chi connectivity index (χ2v) is 7.39. The van der Waals surface area contributed by atoms with Gasteiger partial charge in [0.25, 0.3) is 5.91 Å². The van der Waals surface area contributed by atoms with E-state index in [1.165, 1.54) is 0 Å². The third-order valence-electron chi connectivity index (χ3n) is 3.93. The van der Waals surface area contributed by atoms with Gasteiger partial charge in [0.1, 0.15) is 0 Å². The fraction of sp³-hybridized carbons (Fsp3) is 0.300. The number of benzene rings is 2. The number of halogens is 1. The molecule has 28 heavy (non-hydrogen) atoms. The van der Waals surface area contributed by atoms with Crippen molar-refractivity contribution in [2.45, 2.75) is 11.3 Å². The molecule has 0 aromatic heterocycles. The molecule has 3 N–H and O–H groups in total. The average molecular weight is 514 g/mol. The molecule has 1 atom stereocenters. The summed E-state index contributed by atoms with van der Waals surface area (Å²) < 4.78 is 12.2. The molecule has 0 aliphatic rings. The van der Waals surface area contributed by atoms with Gasteiger partial charge in [0.2, 0.25) is 0 Å². The number of aliphatic imine (C=N–C) groups is 1. The number of carbonyl (C=O) groups is 1. The van der Waals surface area contributed by atoms with Gasteiger partial charge in [-0.3, -0.25) is 14.0 Å². The molecule has 8 heteroatoms. The van der Waals surface area contributed by atoms with E-state index in [9.17, 15) is 9.00 Å². The summed E-state index contributed by atoms with van der Waals surface area (Å²) in [6.45, 7) is 1.24. The van der Waals surface area contributed by atoms with Crippen molar-refractivity contribution in [2.24, 2.45) is 4.99 Å². The van der Waals surface area contributed by atoms with Crippen LogP contribution in [0.5, 0.6) is 0 Å². The van der Waals surface area contributed by atoms with Gasteiger partial charge in [-0.15, -0.1) is 24.0 Å². The number of nitrogens with one attached hydrogen (secondary N) is 3. The average Bonchev–Trinajstić information content (AvgIpc) is 2.72. The smallest absolute Gasteiger partial charge is 0.251 e. The molecule has 0 spiro atoms. The maximum absolute atomic E-state index is 12.2. The van der Waals surface area contributed by atoms with E-state index in [4.69, 9.17) is 0 Å². The van der Waals surface area contributed by atoms with Crippen molar-refractivity contribution in [1.29, 1.82) is 0 Å². The summed E-state index contributed by atoms with van der Waals surface area (Å²) in [4.78, 5) is 16.7. The zero-order valence-electron chi connectivity index (χ0n) is 16.1. The van der Waals surface area contributed by atoms with E-state index in [0.29, 0.717) is 30.4 Å². The first-order valence-corrected chi connectivity index (χ1v) is 10.1. The zero-order valence-corrected chi connectivity index (χ0v) is 19.3. The van der Waals surface area contributed by atoms with Gasteiger partial charge in [0.15, 0.2) is 5.96 Å². The van der Waals surface area contributed by atoms with Crippen molar-refractivity contribution >= 4 is 46.6 Å². The number of amides is 1. The van der Waals surface area contributed by atoms with E-state index < -0.39 is 10.8 Å². The number of hydrogen-bond donors (Lipinski definition) is 3. The lowest BCUT2D eigenvalue weighted by molar-refractivity contribution is 0.0963. The molecule has 0 heterocycles. The molecule has 0 fully saturated rings. The molecule has 0 aliphatic heterocycles. The van der Waals surface area contributed by atoms with Crippen molar-refractivity contribution in [3.8, 4) is 0 Å². The molecule has 6 nitrogen and oxygen atoms in total. The minimum atomic E-state index is -1.03. The monoisotopic (exact) mass is 514 g/mol. The summed E-state index contributed by atoms with van der Waals surface area (Å²) in [7, 11) is 2.30. The van der Waals surface area contributed by atoms with Crippen LogP contribution >= 0.6 is 24.0 Å². The van der Waals surface area contributed by atoms with Gasteiger partial charge < -0.3 is 16.0 Å². The first kappa shape index (κ1) is 24.1. The third-order valence-corrected chi connectivity index (χ3v) is 5.30. The number of hydrogen-bond acceptors (Lipinski definition) is 3. The van der Waals surface area contributed by atoms with Crippen molar-refractivity contribution in [3.63, 3.8) is 0 Å². The maximum atomic E-state index is 12.2. The highest BCUT2D eigenvalue weighted by molar-refractivity contribution is 14.0. The largest absolute Gasteiger partial charge is 0.356 e. The molecule has 2 aromatic carbocycles. The van der Waals surface area contributed by atoms with Gasteiger partial charge in [0, 0.05) is 43.4 Å². The van der Waals surface area contributed by atoms with Crippen LogP contribution in [0.15, 0.2) is 64.5 Å². The highest BCUT2D eigenvalue weighted by Gasteiger charge is 2.05. The van der Waals surface area contributed by atoms with E-state index in [2.05, 4.69) is 20.9 Å². The number of carbonyl (C=O) groups excluding carboxylic acids is 1. The van der Waals surface area contributed by atoms with Crippen LogP contribution in [0.4, 0.5) is 0 Å². The number of nitrogens with zero attached hydrogens (tertiary/aromatic N) is 1. The van der Waals surface area contributed by atoms with Gasteiger partial charge in [0.05, 0.1) is 10.8 Å². The van der Waals surface area contributed by atoms with Crippen LogP contribution in [-0.2, 0) is 17.2 Å². The Hall–Kier alpha value is -1.94. The van der Waals surface area contributed by atoms with Crippen LogP contribution in [0.2, 0.25) is 0 Å². The minimum absolute atomic E-state index is 0. The van der Waals surface area contributed by atoms with E-state index in [0.717, 1.165) is 16.9 Å². The predicted octanol–water partition coefficient (Wildman–Crippen LogP) is 2.18. The quantitative estimate of drug-likeness (QED) is 0.287. The fourth-order valence-corrected chi connectivity index (χ4v) is 3.49. The summed E-state index contributed by atoms with van der Waals surface area (Å²) in [6, 6.07) is 17.0. The Kier molecular flexibility index (Phi) is 11.4. The van der Waals surface area contributed by atoms with Crippen LogP contribution in [0.1, 0.15) is 15.9 Å². The van der Waals surface area contributed by atoms with Gasteiger partial charge in [-0.25, -0.2) is 0 Å². The lowest BCUT2D eigenvalue weighted by Crippen LogP contribution is -2.40. The Morgan fingerprint density at radius 1 is 1.04 bits per heavy atom. The molecule has 0 aliphatic carbocycles. The standard InChI is InChI=1S/C20H26N4O2S.HI/c1-21-19(25)17-8-6-7-16(15-17)11-12-23-20(22-2)24-13-14-27(26)18-9-4-3-5-10-18;/h3-10,15H,11-14H2,1-2H3,(H,21,25)(H2,22,23,24);1H. The highest BCUT2D eigenvalue weighted by Crippen LogP contribution is 2.06. The van der Waals surface area contributed by atoms with Crippen LogP contribution < -0.4 is 16.0 Å². The van der Waals surface area contributed by atoms with Gasteiger partial charge in [-0.2, -0.15) is 0 Å². The molecule has 152 valence electrons. The summed E-state index contributed by atoms with van der Waals surface area (Å²) >= 11 is 0. The first-order chi connectivity index (χ1) is 13.1. The zero-order chi connectivity index (χ0) is 19.5. The summed E-state index contributed by atoms with van der Waals surface area (Å²) in [5, 5.41) is 9.04. The van der Waals surface area contributed by atoms with Crippen molar-refractivity contribution in [1.82, 2.24) is 16.0 Å². The minimum Gasteiger partial charge on any atom is -0.356 e. The van der Waals surface area contributed by atoms with Crippen molar-refractivity contribution in [3.05, 3.63) is 65.7 Å². The first-order valence-electron chi connectivity index (χ1n) is 8.83. The lowest BCUT2D eigenvalue weighted by Gasteiger charge is -2.12. The normalized spacial score (nSPS) is 11.9. The molecule has 0 saturated heterocycles. The molecule has 1 amide bonds. The molecule has 2 aromatic rings. The van der Waals surface area contributed by atoms with Crippen LogP contribution in [0.3, 0.4) is 0 Å². The Balaban J connectivity index is 0.00000392. The summed E-state index contributed by atoms with van der Waals surface area (Å²) in [5.41, 5.74) is 1.73. The van der Waals surface area contributed by atoms with Crippen molar-refractivity contribution in [2.75, 3.05) is 32.9 Å². The SMILES string of the molecule is CN=C(NCCc1cccc(C(=O)NC)c1)NCCS(=O)c1ccccc1.I. The lowest BCUT2D eigenvalue weighted by atomic mass is 10.1. The van der Waals surface area contributed by atoms with Gasteiger partial charge in [-0.05, 0) is 36.2 Å². The fourth-order valence-electron chi connectivity index (χ4n) is 2.51. The molecule has 0 bridgehead atoms. The molecule has 2 rings (SSSR count). The predicted molar refractivity (Wildman–Crippen MR) is 126 cm³/mol. The Bertz CT molecular complexity index is 800. The van der Waals surface area contributed by atoms with Gasteiger partial charge >= 0.3 is 0 Å². The maximum Gasteiger partial charge on any atom is 0.251 e. The van der Waals surface area contributed by atoms with Crippen LogP contribution in [0, 0.1) is 0 Å². The second kappa shape index (κ2) is 13.3. The second-order valence-electron chi connectivity index (χ2n) is 5.82.